The second kappa shape index (κ2) is 13.6. The number of rotatable bonds is 16. The summed E-state index contributed by atoms with van der Waals surface area (Å²) in [4.78, 5) is 12.7. The zero-order valence-corrected chi connectivity index (χ0v) is 25.6. The molecule has 0 aliphatic carbocycles. The molecule has 20 heteroatoms. The number of benzene rings is 4. The van der Waals surface area contributed by atoms with Gasteiger partial charge < -0.3 is 20.1 Å². The Bertz CT molecular complexity index is 1830. The van der Waals surface area contributed by atoms with Gasteiger partial charge in [-0.2, -0.15) is 65.9 Å². The van der Waals surface area contributed by atoms with Gasteiger partial charge in [-0.05, 0) is 37.9 Å². The summed E-state index contributed by atoms with van der Waals surface area (Å²) in [5.41, 5.74) is 5.13. The third-order valence-corrected chi connectivity index (χ3v) is 8.00. The Morgan fingerprint density at radius 2 is 1.04 bits per heavy atom. The third kappa shape index (κ3) is 6.47. The molecule has 2 N–H and O–H groups in total. The van der Waals surface area contributed by atoms with E-state index in [2.05, 4.69) is 0 Å². The van der Waals surface area contributed by atoms with Crippen molar-refractivity contribution in [3.05, 3.63) is 60.2 Å². The Morgan fingerprint density at radius 3 is 1.59 bits per heavy atom. The van der Waals surface area contributed by atoms with Gasteiger partial charge in [0.2, 0.25) is 0 Å². The number of nitrogens with two attached hydrogens (primary N) is 1. The predicted molar refractivity (Wildman–Crippen MR) is 152 cm³/mol. The van der Waals surface area contributed by atoms with Crippen LogP contribution in [0.25, 0.3) is 32.3 Å². The zero-order chi connectivity index (χ0) is 38.4. The summed E-state index contributed by atoms with van der Waals surface area (Å²) in [7, 11) is 0. The van der Waals surface area contributed by atoms with Gasteiger partial charge in [0.1, 0.15) is 0 Å². The summed E-state index contributed by atoms with van der Waals surface area (Å²) < 4.78 is 219. The van der Waals surface area contributed by atoms with Crippen molar-refractivity contribution in [3.63, 3.8) is 0 Å². The Hall–Kier alpha value is -3.78. The van der Waals surface area contributed by atoms with Crippen molar-refractivity contribution in [2.24, 2.45) is 5.73 Å². The molecule has 0 aliphatic rings. The lowest BCUT2D eigenvalue weighted by Crippen LogP contribution is -2.74. The summed E-state index contributed by atoms with van der Waals surface area (Å²) in [6, 6.07) is 14.2. The molecule has 1 amide bonds. The van der Waals surface area contributed by atoms with Gasteiger partial charge in [0.15, 0.2) is 0 Å². The molecule has 0 spiro atoms. The Kier molecular flexibility index (Phi) is 10.7. The van der Waals surface area contributed by atoms with Crippen LogP contribution in [0.3, 0.4) is 0 Å². The molecule has 51 heavy (non-hydrogen) atoms. The van der Waals surface area contributed by atoms with E-state index in [0.717, 1.165) is 0 Å². The van der Waals surface area contributed by atoms with Crippen LogP contribution in [0.1, 0.15) is 5.56 Å². The maximum atomic E-state index is 15.2. The molecule has 0 atom stereocenters. The maximum absolute atomic E-state index is 15.2. The SMILES string of the molecule is NCCOCCOCCN(Cc1ccc2ccc3cccc4ccc1c2c34)C(=O)C(F)(F)C(F)(F)C(F)(F)C(F)(F)C(F)(F)C(F)(F)C(F)(F)F. The molecule has 0 unspecified atom stereocenters. The Labute approximate surface area is 277 Å². The average molecular weight is 759 g/mol. The molecule has 0 heterocycles. The second-order valence-corrected chi connectivity index (χ2v) is 11.3. The Balaban J connectivity index is 1.75. The van der Waals surface area contributed by atoms with Crippen LogP contribution in [-0.4, -0.2) is 92.0 Å². The molecule has 0 aromatic heterocycles. The van der Waals surface area contributed by atoms with E-state index in [9.17, 15) is 61.9 Å². The largest absolute Gasteiger partial charge is 0.460 e. The lowest BCUT2D eigenvalue weighted by Gasteiger charge is -2.41. The highest BCUT2D eigenvalue weighted by Gasteiger charge is 2.94. The smallest absolute Gasteiger partial charge is 0.378 e. The summed E-state index contributed by atoms with van der Waals surface area (Å²) in [6.45, 7) is -3.55. The fourth-order valence-electron chi connectivity index (χ4n) is 5.27. The number of nitrogens with zero attached hydrogens (tertiary/aromatic N) is 1. The normalized spacial score (nSPS) is 14.3. The van der Waals surface area contributed by atoms with Crippen LogP contribution >= 0.6 is 0 Å². The van der Waals surface area contributed by atoms with Crippen molar-refractivity contribution in [2.45, 2.75) is 48.3 Å². The number of amides is 1. The van der Waals surface area contributed by atoms with E-state index in [-0.39, 0.29) is 42.2 Å². The fourth-order valence-corrected chi connectivity index (χ4v) is 5.27. The second-order valence-electron chi connectivity index (χ2n) is 11.3. The van der Waals surface area contributed by atoms with E-state index in [1.165, 1.54) is 18.2 Å². The lowest BCUT2D eigenvalue weighted by atomic mass is 9.90. The van der Waals surface area contributed by atoms with Crippen molar-refractivity contribution in [1.29, 1.82) is 0 Å². The molecule has 0 saturated carbocycles. The predicted octanol–water partition coefficient (Wildman–Crippen LogP) is 8.28. The van der Waals surface area contributed by atoms with Gasteiger partial charge in [0.05, 0.1) is 26.4 Å². The first-order chi connectivity index (χ1) is 23.4. The van der Waals surface area contributed by atoms with Crippen molar-refractivity contribution >= 4 is 38.2 Å². The first-order valence-electron chi connectivity index (χ1n) is 14.5. The van der Waals surface area contributed by atoms with Gasteiger partial charge >= 0.3 is 41.7 Å². The standard InChI is InChI=1S/C31H25F15N2O3/c32-25(33,26(34,35)27(36,37)28(38,39)29(40,41)30(42,43)31(44,45)46)24(49)48(11-13-51-15-14-50-12-10-47)16-20-7-6-19-5-4-17-2-1-3-18-8-9-21(20)23(19)22(17)18/h1-9H,10-16,47H2. The maximum Gasteiger partial charge on any atom is 0.460 e. The summed E-state index contributed by atoms with van der Waals surface area (Å²) in [5.74, 6) is -52.0. The summed E-state index contributed by atoms with van der Waals surface area (Å²) in [6.07, 6.45) is -7.74. The van der Waals surface area contributed by atoms with Crippen molar-refractivity contribution in [1.82, 2.24) is 4.90 Å². The summed E-state index contributed by atoms with van der Waals surface area (Å²) >= 11 is 0. The number of carbonyl (C=O) groups excluding carboxylic acids is 1. The molecule has 0 radical (unpaired) electrons. The number of hydrogen-bond acceptors (Lipinski definition) is 4. The molecule has 0 aliphatic heterocycles. The molecular formula is C31H25F15N2O3. The molecule has 0 saturated heterocycles. The number of hydrogen-bond donors (Lipinski definition) is 1. The quantitative estimate of drug-likeness (QED) is 0.0711. The van der Waals surface area contributed by atoms with E-state index in [1.807, 2.05) is 0 Å². The van der Waals surface area contributed by atoms with Gasteiger partial charge in [0.25, 0.3) is 5.91 Å². The number of carbonyl (C=O) groups is 1. The lowest BCUT2D eigenvalue weighted by molar-refractivity contribution is -0.449. The van der Waals surface area contributed by atoms with Gasteiger partial charge in [0, 0.05) is 19.6 Å². The van der Waals surface area contributed by atoms with Crippen LogP contribution in [0.5, 0.6) is 0 Å². The Morgan fingerprint density at radius 1 is 0.569 bits per heavy atom. The average Bonchev–Trinajstić information content (AvgIpc) is 3.05. The molecule has 4 rings (SSSR count). The first kappa shape index (κ1) is 40.0. The van der Waals surface area contributed by atoms with Gasteiger partial charge in [-0.1, -0.05) is 54.6 Å². The van der Waals surface area contributed by atoms with Crippen molar-refractivity contribution in [2.75, 3.05) is 39.5 Å². The van der Waals surface area contributed by atoms with Crippen LogP contribution in [0.2, 0.25) is 0 Å². The van der Waals surface area contributed by atoms with E-state index in [1.54, 1.807) is 36.4 Å². The van der Waals surface area contributed by atoms with E-state index >= 15 is 8.78 Å². The number of ether oxygens (including phenoxy) is 2. The molecule has 4 aromatic rings. The topological polar surface area (TPSA) is 64.8 Å². The van der Waals surface area contributed by atoms with Crippen LogP contribution in [0.15, 0.2) is 54.6 Å². The summed E-state index contributed by atoms with van der Waals surface area (Å²) in [5, 5.41) is 3.24. The van der Waals surface area contributed by atoms with E-state index < -0.39 is 67.3 Å². The minimum atomic E-state index is -8.52. The van der Waals surface area contributed by atoms with Gasteiger partial charge in [-0.3, -0.25) is 4.79 Å². The molecule has 5 nitrogen and oxygen atoms in total. The molecular weight excluding hydrogens is 733 g/mol. The zero-order valence-electron chi connectivity index (χ0n) is 25.6. The van der Waals surface area contributed by atoms with Crippen LogP contribution in [0, 0.1) is 0 Å². The highest BCUT2D eigenvalue weighted by atomic mass is 19.4. The van der Waals surface area contributed by atoms with Crippen molar-refractivity contribution in [3.8, 4) is 0 Å². The monoisotopic (exact) mass is 758 g/mol. The van der Waals surface area contributed by atoms with Crippen LogP contribution in [-0.2, 0) is 20.8 Å². The molecule has 0 fully saturated rings. The van der Waals surface area contributed by atoms with E-state index in [4.69, 9.17) is 15.2 Å². The van der Waals surface area contributed by atoms with Crippen molar-refractivity contribution < 1.29 is 80.1 Å². The van der Waals surface area contributed by atoms with Crippen LogP contribution in [0.4, 0.5) is 65.9 Å². The molecule has 0 bridgehead atoms. The highest BCUT2D eigenvalue weighted by molar-refractivity contribution is 6.23. The first-order valence-corrected chi connectivity index (χ1v) is 14.5. The van der Waals surface area contributed by atoms with Gasteiger partial charge in [-0.25, -0.2) is 0 Å². The minimum absolute atomic E-state index is 0.0384. The van der Waals surface area contributed by atoms with E-state index in [0.29, 0.717) is 26.9 Å². The van der Waals surface area contributed by atoms with Gasteiger partial charge in [-0.15, -0.1) is 0 Å². The number of alkyl halides is 15. The molecule has 282 valence electrons. The van der Waals surface area contributed by atoms with Crippen LogP contribution < -0.4 is 5.73 Å². The third-order valence-electron chi connectivity index (χ3n) is 8.00. The highest BCUT2D eigenvalue weighted by Crippen LogP contribution is 2.62. The fraction of sp³-hybridized carbons (Fsp3) is 0.452. The number of halogens is 15. The minimum Gasteiger partial charge on any atom is -0.378 e. The molecule has 4 aromatic carbocycles.